The SMILES string of the molecule is CCCCCCCCCCOC(CCCCCC)(OCCCCCCCCCC)OCOCOC(CCCCCC)(OCCCCCCCCCC)OCCCCCCCCCC. The second-order valence-corrected chi connectivity index (χ2v) is 19.0. The number of ether oxygens (including phenoxy) is 7. The van der Waals surface area contributed by atoms with E-state index in [-0.39, 0.29) is 13.6 Å². The quantitative estimate of drug-likeness (QED) is 0.0445. The third kappa shape index (κ3) is 42.8. The van der Waals surface area contributed by atoms with Crippen molar-refractivity contribution in [3.05, 3.63) is 0 Å². The molecule has 0 aromatic heterocycles. The van der Waals surface area contributed by atoms with Crippen LogP contribution in [0.15, 0.2) is 0 Å². The standard InChI is InChI=1S/C56H114O7/c1-7-13-19-25-29-33-37-43-49-58-55(47-41-23-17-11-5,59-50-44-38-34-30-26-20-14-8-2)62-53-57-54-63-56(48-42-24-18-12-6,60-51-45-39-35-31-27-21-15-9-3)61-52-46-40-36-32-28-22-16-10-4/h7-54H2,1-6H3. The molecule has 0 amide bonds. The molecule has 0 aromatic carbocycles. The van der Waals surface area contributed by atoms with Crippen molar-refractivity contribution >= 4 is 0 Å². The molecule has 0 aliphatic carbocycles. The molecule has 0 saturated heterocycles. The molecule has 0 aromatic rings. The van der Waals surface area contributed by atoms with E-state index in [1.807, 2.05) is 0 Å². The first-order valence-electron chi connectivity index (χ1n) is 28.5. The van der Waals surface area contributed by atoms with Gasteiger partial charge in [-0.2, -0.15) is 0 Å². The molecule has 0 rings (SSSR count). The molecule has 0 saturated carbocycles. The highest BCUT2D eigenvalue weighted by Gasteiger charge is 2.35. The third-order valence-electron chi connectivity index (χ3n) is 12.7. The fourth-order valence-corrected chi connectivity index (χ4v) is 8.37. The summed E-state index contributed by atoms with van der Waals surface area (Å²) in [6.45, 7) is 16.3. The van der Waals surface area contributed by atoms with Gasteiger partial charge in [-0.05, 0) is 38.5 Å². The van der Waals surface area contributed by atoms with Crippen LogP contribution >= 0.6 is 0 Å². The minimum atomic E-state index is -1.10. The highest BCUT2D eigenvalue weighted by Crippen LogP contribution is 2.28. The Bertz CT molecular complexity index is 731. The number of hydrogen-bond acceptors (Lipinski definition) is 7. The third-order valence-corrected chi connectivity index (χ3v) is 12.7. The Hall–Kier alpha value is -0.280. The number of unbranched alkanes of at least 4 members (excludes halogenated alkanes) is 34. The van der Waals surface area contributed by atoms with Gasteiger partial charge in [0.25, 0.3) is 11.9 Å². The summed E-state index contributed by atoms with van der Waals surface area (Å²) in [5.74, 6) is -2.21. The van der Waals surface area contributed by atoms with E-state index in [2.05, 4.69) is 41.5 Å². The van der Waals surface area contributed by atoms with Gasteiger partial charge in [0.2, 0.25) is 0 Å². The van der Waals surface area contributed by atoms with Crippen LogP contribution in [0.2, 0.25) is 0 Å². The molecule has 380 valence electrons. The summed E-state index contributed by atoms with van der Waals surface area (Å²) in [5, 5.41) is 0. The number of rotatable bonds is 56. The van der Waals surface area contributed by atoms with Crippen LogP contribution in [0.25, 0.3) is 0 Å². The van der Waals surface area contributed by atoms with Gasteiger partial charge in [0.05, 0.1) is 26.4 Å². The summed E-state index contributed by atoms with van der Waals surface area (Å²) in [6, 6.07) is 0. The van der Waals surface area contributed by atoms with E-state index in [0.717, 1.165) is 51.4 Å². The van der Waals surface area contributed by atoms with E-state index in [4.69, 9.17) is 33.2 Å². The molecule has 0 aliphatic rings. The van der Waals surface area contributed by atoms with Crippen LogP contribution in [0.1, 0.15) is 311 Å². The van der Waals surface area contributed by atoms with Crippen molar-refractivity contribution in [3.63, 3.8) is 0 Å². The smallest absolute Gasteiger partial charge is 0.284 e. The maximum atomic E-state index is 6.66. The minimum absolute atomic E-state index is 0.0324. The van der Waals surface area contributed by atoms with Crippen LogP contribution in [0, 0.1) is 0 Å². The van der Waals surface area contributed by atoms with Crippen molar-refractivity contribution in [1.82, 2.24) is 0 Å². The highest BCUT2D eigenvalue weighted by atomic mass is 16.9. The average Bonchev–Trinajstić information content (AvgIpc) is 3.29. The van der Waals surface area contributed by atoms with Crippen molar-refractivity contribution in [1.29, 1.82) is 0 Å². The van der Waals surface area contributed by atoms with Crippen molar-refractivity contribution < 1.29 is 33.2 Å². The molecule has 0 heterocycles. The summed E-state index contributed by atoms with van der Waals surface area (Å²) in [5.41, 5.74) is 0. The topological polar surface area (TPSA) is 64.6 Å². The zero-order valence-electron chi connectivity index (χ0n) is 43.8. The van der Waals surface area contributed by atoms with Crippen LogP contribution in [-0.4, -0.2) is 52.0 Å². The first-order valence-corrected chi connectivity index (χ1v) is 28.5. The van der Waals surface area contributed by atoms with Gasteiger partial charge in [-0.25, -0.2) is 0 Å². The Morgan fingerprint density at radius 3 is 0.619 bits per heavy atom. The molecular formula is C56H114O7. The second-order valence-electron chi connectivity index (χ2n) is 19.0. The van der Waals surface area contributed by atoms with E-state index >= 15 is 0 Å². The lowest BCUT2D eigenvalue weighted by Gasteiger charge is -2.35. The fourth-order valence-electron chi connectivity index (χ4n) is 8.37. The second kappa shape index (κ2) is 51.1. The Morgan fingerprint density at radius 1 is 0.206 bits per heavy atom. The van der Waals surface area contributed by atoms with Gasteiger partial charge in [0.1, 0.15) is 0 Å². The van der Waals surface area contributed by atoms with Gasteiger partial charge in [-0.1, -0.05) is 260 Å². The zero-order valence-corrected chi connectivity index (χ0v) is 43.8. The van der Waals surface area contributed by atoms with Crippen molar-refractivity contribution in [2.24, 2.45) is 0 Å². The van der Waals surface area contributed by atoms with Gasteiger partial charge in [0.15, 0.2) is 13.6 Å². The van der Waals surface area contributed by atoms with Crippen LogP contribution < -0.4 is 0 Å². The van der Waals surface area contributed by atoms with Crippen molar-refractivity contribution in [2.75, 3.05) is 40.0 Å². The van der Waals surface area contributed by atoms with Crippen LogP contribution in [-0.2, 0) is 33.2 Å². The maximum Gasteiger partial charge on any atom is 0.284 e. The highest BCUT2D eigenvalue weighted by molar-refractivity contribution is 4.63. The lowest BCUT2D eigenvalue weighted by atomic mass is 10.1. The van der Waals surface area contributed by atoms with E-state index in [0.29, 0.717) is 39.3 Å². The predicted octanol–water partition coefficient (Wildman–Crippen LogP) is 18.8. The largest absolute Gasteiger partial charge is 0.329 e. The fraction of sp³-hybridized carbons (Fsp3) is 1.00. The molecular weight excluding hydrogens is 785 g/mol. The van der Waals surface area contributed by atoms with Gasteiger partial charge >= 0.3 is 0 Å². The first-order chi connectivity index (χ1) is 31.1. The van der Waals surface area contributed by atoms with Crippen molar-refractivity contribution in [2.45, 2.75) is 323 Å². The normalized spacial score (nSPS) is 12.3. The molecule has 0 bridgehead atoms. The van der Waals surface area contributed by atoms with Crippen molar-refractivity contribution in [3.8, 4) is 0 Å². The van der Waals surface area contributed by atoms with Gasteiger partial charge in [-0.15, -0.1) is 0 Å². The summed E-state index contributed by atoms with van der Waals surface area (Å²) in [4.78, 5) is 0. The molecule has 0 fully saturated rings. The van der Waals surface area contributed by atoms with Gasteiger partial charge in [0, 0.05) is 12.8 Å². The summed E-state index contributed by atoms with van der Waals surface area (Å²) >= 11 is 0. The average molecular weight is 900 g/mol. The molecule has 7 nitrogen and oxygen atoms in total. The minimum Gasteiger partial charge on any atom is -0.329 e. The molecule has 0 unspecified atom stereocenters. The van der Waals surface area contributed by atoms with E-state index in [9.17, 15) is 0 Å². The first kappa shape index (κ1) is 62.7. The zero-order chi connectivity index (χ0) is 45.9. The summed E-state index contributed by atoms with van der Waals surface area (Å²) in [7, 11) is 0. The molecule has 0 atom stereocenters. The van der Waals surface area contributed by atoms with E-state index in [1.165, 1.54) is 205 Å². The molecule has 0 spiro atoms. The number of hydrogen-bond donors (Lipinski definition) is 0. The van der Waals surface area contributed by atoms with E-state index in [1.54, 1.807) is 0 Å². The Kier molecular flexibility index (Phi) is 50.9. The Morgan fingerprint density at radius 2 is 0.397 bits per heavy atom. The molecule has 63 heavy (non-hydrogen) atoms. The summed E-state index contributed by atoms with van der Waals surface area (Å²) in [6.07, 6.45) is 50.9. The monoisotopic (exact) mass is 899 g/mol. The Balaban J connectivity index is 5.71. The summed E-state index contributed by atoms with van der Waals surface area (Å²) < 4.78 is 46.0. The van der Waals surface area contributed by atoms with Crippen LogP contribution in [0.3, 0.4) is 0 Å². The molecule has 0 aliphatic heterocycles. The van der Waals surface area contributed by atoms with Gasteiger partial charge < -0.3 is 33.2 Å². The lowest BCUT2D eigenvalue weighted by Crippen LogP contribution is -2.42. The van der Waals surface area contributed by atoms with Gasteiger partial charge in [-0.3, -0.25) is 0 Å². The predicted molar refractivity (Wildman–Crippen MR) is 270 cm³/mol. The molecule has 0 N–H and O–H groups in total. The maximum absolute atomic E-state index is 6.66. The van der Waals surface area contributed by atoms with Crippen LogP contribution in [0.5, 0.6) is 0 Å². The van der Waals surface area contributed by atoms with Crippen LogP contribution in [0.4, 0.5) is 0 Å². The Labute approximate surface area is 395 Å². The molecule has 7 heteroatoms. The lowest BCUT2D eigenvalue weighted by molar-refractivity contribution is -0.425. The molecule has 0 radical (unpaired) electrons. The van der Waals surface area contributed by atoms with E-state index < -0.39 is 11.9 Å².